The number of halogens is 2. The van der Waals surface area contributed by atoms with Crippen LogP contribution < -0.4 is 0 Å². The zero-order valence-electron chi connectivity index (χ0n) is 11.6. The van der Waals surface area contributed by atoms with E-state index in [2.05, 4.69) is 15.9 Å². The molecule has 5 unspecified atom stereocenters. The van der Waals surface area contributed by atoms with Crippen LogP contribution in [-0.2, 0) is 14.3 Å². The minimum Gasteiger partial charge on any atom is -0.462 e. The summed E-state index contributed by atoms with van der Waals surface area (Å²) in [6.45, 7) is 9.06. The van der Waals surface area contributed by atoms with Crippen molar-refractivity contribution in [3.05, 3.63) is 0 Å². The average molecular weight is 325 g/mol. The fourth-order valence-corrected chi connectivity index (χ4v) is 2.50. The van der Waals surface area contributed by atoms with E-state index in [4.69, 9.17) is 9.47 Å². The molecule has 1 fully saturated rings. The van der Waals surface area contributed by atoms with Gasteiger partial charge in [0.1, 0.15) is 23.9 Å². The van der Waals surface area contributed by atoms with Gasteiger partial charge in [0.2, 0.25) is 0 Å². The third-order valence-electron chi connectivity index (χ3n) is 3.40. The molecule has 0 aliphatic carbocycles. The van der Waals surface area contributed by atoms with Crippen molar-refractivity contribution in [2.45, 2.75) is 51.9 Å². The van der Waals surface area contributed by atoms with Crippen molar-refractivity contribution >= 4 is 21.9 Å². The second-order valence-corrected chi connectivity index (χ2v) is 6.94. The smallest absolute Gasteiger partial charge is 0.311 e. The summed E-state index contributed by atoms with van der Waals surface area (Å²) in [7, 11) is 0. The molecule has 1 heterocycles. The van der Waals surface area contributed by atoms with Gasteiger partial charge in [0.15, 0.2) is 0 Å². The van der Waals surface area contributed by atoms with Crippen LogP contribution in [0.4, 0.5) is 4.39 Å². The summed E-state index contributed by atoms with van der Waals surface area (Å²) in [5, 5.41) is -0.196. The highest BCUT2D eigenvalue weighted by Crippen LogP contribution is 2.35. The molecule has 106 valence electrons. The Balaban J connectivity index is 2.55. The Kier molecular flexibility index (Phi) is 5.18. The van der Waals surface area contributed by atoms with Gasteiger partial charge in [-0.3, -0.25) is 4.79 Å². The monoisotopic (exact) mass is 324 g/mol. The third kappa shape index (κ3) is 3.67. The topological polar surface area (TPSA) is 35.5 Å². The quantitative estimate of drug-likeness (QED) is 0.577. The molecule has 0 aromatic heterocycles. The first-order chi connectivity index (χ1) is 8.14. The zero-order chi connectivity index (χ0) is 14.1. The molecule has 1 aliphatic heterocycles. The highest BCUT2D eigenvalue weighted by atomic mass is 79.9. The van der Waals surface area contributed by atoms with Gasteiger partial charge in [0.05, 0.1) is 5.41 Å². The van der Waals surface area contributed by atoms with Gasteiger partial charge in [-0.25, -0.2) is 4.39 Å². The standard InChI is InChI=1S/C13H22BrFO3/c1-7-8(2)11(14)18-9(10(7)15)6-17-12(16)13(3,4)5/h7-11H,6H2,1-5H3. The van der Waals surface area contributed by atoms with Crippen molar-refractivity contribution in [3.8, 4) is 0 Å². The largest absolute Gasteiger partial charge is 0.462 e. The summed E-state index contributed by atoms with van der Waals surface area (Å²) in [6, 6.07) is 0. The van der Waals surface area contributed by atoms with Crippen molar-refractivity contribution in [3.63, 3.8) is 0 Å². The van der Waals surface area contributed by atoms with Crippen LogP contribution in [-0.4, -0.2) is 29.9 Å². The molecule has 0 N–H and O–H groups in total. The number of carbonyl (C=O) groups is 1. The minimum absolute atomic E-state index is 0.0313. The minimum atomic E-state index is -1.11. The molecule has 0 amide bonds. The molecule has 0 aromatic rings. The van der Waals surface area contributed by atoms with Crippen LogP contribution in [0.3, 0.4) is 0 Å². The van der Waals surface area contributed by atoms with Crippen LogP contribution in [0, 0.1) is 17.3 Å². The summed E-state index contributed by atoms with van der Waals surface area (Å²) >= 11 is 3.38. The molecule has 0 spiro atoms. The summed E-state index contributed by atoms with van der Waals surface area (Å²) in [5.74, 6) is -0.369. The van der Waals surface area contributed by atoms with E-state index in [9.17, 15) is 9.18 Å². The predicted molar refractivity (Wildman–Crippen MR) is 71.2 cm³/mol. The van der Waals surface area contributed by atoms with Gasteiger partial charge in [0, 0.05) is 0 Å². The maximum Gasteiger partial charge on any atom is 0.311 e. The maximum absolute atomic E-state index is 14.1. The maximum atomic E-state index is 14.1. The summed E-state index contributed by atoms with van der Waals surface area (Å²) in [6.07, 6.45) is -1.80. The van der Waals surface area contributed by atoms with Gasteiger partial charge in [-0.1, -0.05) is 29.8 Å². The molecule has 1 aliphatic rings. The van der Waals surface area contributed by atoms with Crippen molar-refractivity contribution < 1.29 is 18.7 Å². The molecule has 0 aromatic carbocycles. The lowest BCUT2D eigenvalue weighted by atomic mass is 9.87. The Hall–Kier alpha value is -0.160. The van der Waals surface area contributed by atoms with Crippen molar-refractivity contribution in [1.82, 2.24) is 0 Å². The summed E-state index contributed by atoms with van der Waals surface area (Å²) < 4.78 is 24.7. The normalized spacial score (nSPS) is 37.4. The SMILES string of the molecule is CC1C(Br)OC(COC(=O)C(C)(C)C)C(F)C1C. The van der Waals surface area contributed by atoms with Gasteiger partial charge in [-0.15, -0.1) is 0 Å². The van der Waals surface area contributed by atoms with E-state index in [1.807, 2.05) is 13.8 Å². The Labute approximate surface area is 117 Å². The molecule has 18 heavy (non-hydrogen) atoms. The lowest BCUT2D eigenvalue weighted by Gasteiger charge is -2.39. The van der Waals surface area contributed by atoms with Gasteiger partial charge < -0.3 is 9.47 Å². The first-order valence-corrected chi connectivity index (χ1v) is 7.17. The number of carbonyl (C=O) groups excluding carboxylic acids is 1. The Morgan fingerprint density at radius 3 is 2.39 bits per heavy atom. The van der Waals surface area contributed by atoms with Gasteiger partial charge in [0.25, 0.3) is 0 Å². The average Bonchev–Trinajstić information content (AvgIpc) is 2.27. The highest BCUT2D eigenvalue weighted by molar-refractivity contribution is 9.09. The van der Waals surface area contributed by atoms with Gasteiger partial charge >= 0.3 is 5.97 Å². The molecule has 1 saturated heterocycles. The van der Waals surface area contributed by atoms with E-state index in [1.54, 1.807) is 20.8 Å². The number of alkyl halides is 2. The Bertz CT molecular complexity index is 303. The first-order valence-electron chi connectivity index (χ1n) is 6.25. The molecular formula is C13H22BrFO3. The molecule has 1 rings (SSSR count). The van der Waals surface area contributed by atoms with E-state index in [0.29, 0.717) is 0 Å². The van der Waals surface area contributed by atoms with E-state index in [0.717, 1.165) is 0 Å². The highest BCUT2D eigenvalue weighted by Gasteiger charge is 2.41. The molecule has 0 bridgehead atoms. The van der Waals surface area contributed by atoms with Crippen LogP contribution in [0.5, 0.6) is 0 Å². The van der Waals surface area contributed by atoms with Gasteiger partial charge in [-0.05, 0) is 32.6 Å². The Morgan fingerprint density at radius 2 is 1.89 bits per heavy atom. The third-order valence-corrected chi connectivity index (χ3v) is 4.45. The van der Waals surface area contributed by atoms with E-state index < -0.39 is 17.7 Å². The number of hydrogen-bond donors (Lipinski definition) is 0. The number of hydrogen-bond acceptors (Lipinski definition) is 3. The van der Waals surface area contributed by atoms with Crippen molar-refractivity contribution in [2.75, 3.05) is 6.61 Å². The molecule has 3 nitrogen and oxygen atoms in total. The van der Waals surface area contributed by atoms with E-state index in [1.165, 1.54) is 0 Å². The lowest BCUT2D eigenvalue weighted by Crippen LogP contribution is -2.47. The fourth-order valence-electron chi connectivity index (χ4n) is 1.74. The van der Waals surface area contributed by atoms with E-state index in [-0.39, 0.29) is 29.4 Å². The second-order valence-electron chi connectivity index (χ2n) is 6.04. The van der Waals surface area contributed by atoms with E-state index >= 15 is 0 Å². The zero-order valence-corrected chi connectivity index (χ0v) is 13.2. The van der Waals surface area contributed by atoms with Crippen molar-refractivity contribution in [1.29, 1.82) is 0 Å². The van der Waals surface area contributed by atoms with Crippen LogP contribution in [0.2, 0.25) is 0 Å². The van der Waals surface area contributed by atoms with Crippen molar-refractivity contribution in [2.24, 2.45) is 17.3 Å². The number of rotatable bonds is 2. The molecule has 5 atom stereocenters. The molecule has 0 radical (unpaired) electrons. The van der Waals surface area contributed by atoms with Crippen LogP contribution >= 0.6 is 15.9 Å². The second kappa shape index (κ2) is 5.87. The molecule has 0 saturated carbocycles. The lowest BCUT2D eigenvalue weighted by molar-refractivity contribution is -0.168. The predicted octanol–water partition coefficient (Wildman–Crippen LogP) is 3.31. The fraction of sp³-hybridized carbons (Fsp3) is 0.923. The van der Waals surface area contributed by atoms with Crippen LogP contribution in [0.15, 0.2) is 0 Å². The van der Waals surface area contributed by atoms with Gasteiger partial charge in [-0.2, -0.15) is 0 Å². The molecular weight excluding hydrogens is 303 g/mol. The first kappa shape index (κ1) is 15.9. The summed E-state index contributed by atoms with van der Waals surface area (Å²) in [4.78, 5) is 11.6. The van der Waals surface area contributed by atoms with Crippen LogP contribution in [0.25, 0.3) is 0 Å². The number of esters is 1. The molecule has 5 heteroatoms. The summed E-state index contributed by atoms with van der Waals surface area (Å²) in [5.41, 5.74) is -0.576. The Morgan fingerprint density at radius 1 is 1.33 bits per heavy atom. The van der Waals surface area contributed by atoms with Crippen LogP contribution in [0.1, 0.15) is 34.6 Å². The number of ether oxygens (including phenoxy) is 2.